The van der Waals surface area contributed by atoms with E-state index < -0.39 is 26.1 Å². The zero-order valence-corrected chi connectivity index (χ0v) is 21.7. The van der Waals surface area contributed by atoms with Crippen LogP contribution in [0, 0.1) is 0 Å². The van der Waals surface area contributed by atoms with Gasteiger partial charge in [0.05, 0.1) is 9.79 Å². The molecule has 0 atom stereocenters. The Morgan fingerprint density at radius 2 is 1.22 bits per heavy atom. The van der Waals surface area contributed by atoms with Crippen molar-refractivity contribution < 1.29 is 21.6 Å². The Kier molecular flexibility index (Phi) is 7.70. The van der Waals surface area contributed by atoms with E-state index in [0.29, 0.717) is 10.7 Å². The summed E-state index contributed by atoms with van der Waals surface area (Å²) in [5.74, 6) is 0. The predicted molar refractivity (Wildman–Crippen MR) is 139 cm³/mol. The Labute approximate surface area is 216 Å². The number of carbonyl (C=O) groups is 1. The van der Waals surface area contributed by atoms with Crippen molar-refractivity contribution in [3.8, 4) is 0 Å². The monoisotopic (exact) mass is 547 g/mol. The Hall–Kier alpha value is -2.92. The summed E-state index contributed by atoms with van der Waals surface area (Å²) in [6, 6.07) is 15.7. The van der Waals surface area contributed by atoms with Gasteiger partial charge in [-0.25, -0.2) is 31.5 Å². The number of primary sulfonamides is 1. The number of sulfonamides is 2. The van der Waals surface area contributed by atoms with E-state index in [0.717, 1.165) is 49.7 Å². The fourth-order valence-electron chi connectivity index (χ4n) is 4.31. The lowest BCUT2D eigenvalue weighted by Gasteiger charge is -2.10. The highest BCUT2D eigenvalue weighted by atomic mass is 35.5. The number of benzene rings is 3. The zero-order chi connectivity index (χ0) is 25.9. The molecule has 0 heterocycles. The molecule has 3 aromatic carbocycles. The number of anilines is 1. The highest BCUT2D eigenvalue weighted by Crippen LogP contribution is 2.25. The van der Waals surface area contributed by atoms with Gasteiger partial charge < -0.3 is 5.32 Å². The molecule has 0 unspecified atom stereocenters. The van der Waals surface area contributed by atoms with E-state index in [1.807, 2.05) is 16.9 Å². The molecule has 0 saturated heterocycles. The molecule has 0 fully saturated rings. The minimum atomic E-state index is -3.90. The van der Waals surface area contributed by atoms with Crippen LogP contribution in [0.1, 0.15) is 35.1 Å². The maximum Gasteiger partial charge on any atom is 0.333 e. The Morgan fingerprint density at radius 3 is 1.78 bits per heavy atom. The molecule has 190 valence electrons. The number of hydrogen-bond donors (Lipinski definition) is 3. The van der Waals surface area contributed by atoms with Gasteiger partial charge in [0.15, 0.2) is 0 Å². The molecule has 5 rings (SSSR count). The van der Waals surface area contributed by atoms with Gasteiger partial charge in [-0.3, -0.25) is 0 Å². The van der Waals surface area contributed by atoms with Gasteiger partial charge in [-0.1, -0.05) is 23.7 Å². The molecule has 4 N–H and O–H groups in total. The summed E-state index contributed by atoms with van der Waals surface area (Å²) in [5, 5.41) is 8.01. The largest absolute Gasteiger partial charge is 0.333 e. The van der Waals surface area contributed by atoms with Gasteiger partial charge >= 0.3 is 6.03 Å². The molecule has 11 heteroatoms. The number of aryl methyl sites for hydroxylation is 4. The van der Waals surface area contributed by atoms with Crippen molar-refractivity contribution in [3.63, 3.8) is 0 Å². The highest BCUT2D eigenvalue weighted by Gasteiger charge is 2.21. The lowest BCUT2D eigenvalue weighted by atomic mass is 10.1. The summed E-state index contributed by atoms with van der Waals surface area (Å²) in [7, 11) is -7.42. The van der Waals surface area contributed by atoms with Gasteiger partial charge in [0.1, 0.15) is 0 Å². The summed E-state index contributed by atoms with van der Waals surface area (Å²) in [4.78, 5) is 12.2. The van der Waals surface area contributed by atoms with Crippen LogP contribution in [0.2, 0.25) is 5.02 Å². The molecule has 8 nitrogen and oxygen atoms in total. The lowest BCUT2D eigenvalue weighted by Crippen LogP contribution is -2.34. The molecule has 0 saturated carbocycles. The van der Waals surface area contributed by atoms with Crippen molar-refractivity contribution in [1.82, 2.24) is 4.72 Å². The normalized spacial score (nSPS) is 14.3. The number of nitrogens with two attached hydrogens (primary N) is 1. The standard InChI is InChI=1S/C16H15ClN2O3S.C9H11NO2S/c17-13-5-7-14(8-6-13)18-16(20)19-23(21,22)15-9-4-11-2-1-3-12(11)10-15;10-13(11,12)9-5-4-7-2-1-3-8(7)6-9/h4-10H,1-3H2,(H2,18,19,20);4-6H,1-3H2,(H2,10,11,12). The van der Waals surface area contributed by atoms with Crippen LogP contribution in [0.5, 0.6) is 0 Å². The smallest absolute Gasteiger partial charge is 0.307 e. The third kappa shape index (κ3) is 6.44. The molecule has 2 aliphatic carbocycles. The van der Waals surface area contributed by atoms with E-state index in [2.05, 4.69) is 5.32 Å². The second kappa shape index (κ2) is 10.6. The summed E-state index contributed by atoms with van der Waals surface area (Å²) in [6.45, 7) is 0. The van der Waals surface area contributed by atoms with E-state index in [-0.39, 0.29) is 9.79 Å². The topological polar surface area (TPSA) is 135 Å². The van der Waals surface area contributed by atoms with E-state index in [1.165, 1.54) is 17.2 Å². The quantitative estimate of drug-likeness (QED) is 0.450. The molecule has 3 aromatic rings. The van der Waals surface area contributed by atoms with Gasteiger partial charge in [0.2, 0.25) is 10.0 Å². The minimum absolute atomic E-state index is 0.101. The van der Waals surface area contributed by atoms with Crippen molar-refractivity contribution in [1.29, 1.82) is 0 Å². The summed E-state index contributed by atoms with van der Waals surface area (Å²) in [6.07, 6.45) is 6.02. The zero-order valence-electron chi connectivity index (χ0n) is 19.3. The van der Waals surface area contributed by atoms with Gasteiger partial charge in [0, 0.05) is 10.7 Å². The molecule has 36 heavy (non-hydrogen) atoms. The average molecular weight is 548 g/mol. The van der Waals surface area contributed by atoms with E-state index in [4.69, 9.17) is 16.7 Å². The average Bonchev–Trinajstić information content (AvgIpc) is 3.48. The first kappa shape index (κ1) is 26.2. The van der Waals surface area contributed by atoms with Crippen LogP contribution in [0.3, 0.4) is 0 Å². The Morgan fingerprint density at radius 1 is 0.722 bits per heavy atom. The fraction of sp³-hybridized carbons (Fsp3) is 0.240. The van der Waals surface area contributed by atoms with Crippen LogP contribution in [0.4, 0.5) is 10.5 Å². The van der Waals surface area contributed by atoms with Crippen LogP contribution in [-0.2, 0) is 45.7 Å². The Balaban J connectivity index is 0.000000197. The number of carbonyl (C=O) groups excluding carboxylic acids is 1. The maximum atomic E-state index is 12.3. The molecule has 2 aliphatic rings. The van der Waals surface area contributed by atoms with Crippen LogP contribution >= 0.6 is 11.6 Å². The van der Waals surface area contributed by atoms with Crippen LogP contribution in [0.15, 0.2) is 70.5 Å². The molecule has 0 radical (unpaired) electrons. The molecular formula is C25H26ClN3O5S2. The van der Waals surface area contributed by atoms with Crippen molar-refractivity contribution in [2.24, 2.45) is 5.14 Å². The molecule has 2 amide bonds. The Bertz CT molecular complexity index is 1510. The van der Waals surface area contributed by atoms with Crippen LogP contribution in [-0.4, -0.2) is 22.9 Å². The minimum Gasteiger partial charge on any atom is -0.307 e. The third-order valence-electron chi connectivity index (χ3n) is 6.11. The fourth-order valence-corrected chi connectivity index (χ4v) is 5.96. The molecule has 0 spiro atoms. The summed E-state index contributed by atoms with van der Waals surface area (Å²) >= 11 is 5.76. The second-order valence-electron chi connectivity index (χ2n) is 8.68. The molecule has 0 aromatic heterocycles. The number of amides is 2. The lowest BCUT2D eigenvalue weighted by molar-refractivity contribution is 0.256. The van der Waals surface area contributed by atoms with E-state index in [9.17, 15) is 21.6 Å². The summed E-state index contributed by atoms with van der Waals surface area (Å²) in [5.41, 5.74) is 5.05. The van der Waals surface area contributed by atoms with Gasteiger partial charge in [-0.05, 0) is 109 Å². The van der Waals surface area contributed by atoms with Crippen molar-refractivity contribution >= 4 is 43.4 Å². The van der Waals surface area contributed by atoms with E-state index in [1.54, 1.807) is 42.5 Å². The van der Waals surface area contributed by atoms with Gasteiger partial charge in [-0.2, -0.15) is 0 Å². The van der Waals surface area contributed by atoms with Gasteiger partial charge in [0.25, 0.3) is 10.0 Å². The van der Waals surface area contributed by atoms with Crippen LogP contribution in [0.25, 0.3) is 0 Å². The first-order valence-electron chi connectivity index (χ1n) is 11.4. The maximum absolute atomic E-state index is 12.3. The SMILES string of the molecule is NS(=O)(=O)c1ccc2c(c1)CCC2.O=C(Nc1ccc(Cl)cc1)NS(=O)(=O)c1ccc2c(c1)CCC2. The summed E-state index contributed by atoms with van der Waals surface area (Å²) < 4.78 is 48.6. The first-order valence-corrected chi connectivity index (χ1v) is 14.8. The number of rotatable bonds is 4. The first-order chi connectivity index (χ1) is 17.0. The van der Waals surface area contributed by atoms with Crippen LogP contribution < -0.4 is 15.2 Å². The van der Waals surface area contributed by atoms with E-state index >= 15 is 0 Å². The number of hydrogen-bond acceptors (Lipinski definition) is 5. The number of fused-ring (bicyclic) bond motifs is 2. The molecule has 0 aliphatic heterocycles. The van der Waals surface area contributed by atoms with Crippen molar-refractivity contribution in [3.05, 3.63) is 87.9 Å². The number of halogens is 1. The second-order valence-corrected chi connectivity index (χ2v) is 12.4. The van der Waals surface area contributed by atoms with Gasteiger partial charge in [-0.15, -0.1) is 0 Å². The molecular weight excluding hydrogens is 522 g/mol. The van der Waals surface area contributed by atoms with Crippen molar-refractivity contribution in [2.45, 2.75) is 48.3 Å². The molecule has 0 bridgehead atoms. The highest BCUT2D eigenvalue weighted by molar-refractivity contribution is 7.90. The third-order valence-corrected chi connectivity index (χ3v) is 8.60. The number of nitrogens with one attached hydrogen (secondary N) is 2. The predicted octanol–water partition coefficient (Wildman–Crippen LogP) is 4.16. The number of urea groups is 1. The van der Waals surface area contributed by atoms with Crippen molar-refractivity contribution in [2.75, 3.05) is 5.32 Å².